The number of pyridine rings is 1. The Morgan fingerprint density at radius 2 is 2.10 bits per heavy atom. The summed E-state index contributed by atoms with van der Waals surface area (Å²) in [6, 6.07) is 4.41. The lowest BCUT2D eigenvalue weighted by molar-refractivity contribution is 0.257. The first-order valence-electron chi connectivity index (χ1n) is 7.77. The maximum atomic E-state index is 12.6. The van der Waals surface area contributed by atoms with Gasteiger partial charge in [0.2, 0.25) is 0 Å². The van der Waals surface area contributed by atoms with Gasteiger partial charge in [-0.15, -0.1) is 0 Å². The molecule has 1 saturated heterocycles. The van der Waals surface area contributed by atoms with Crippen molar-refractivity contribution in [3.8, 4) is 0 Å². The van der Waals surface area contributed by atoms with E-state index in [4.69, 9.17) is 0 Å². The molecule has 2 aliphatic rings. The van der Waals surface area contributed by atoms with E-state index in [2.05, 4.69) is 21.1 Å². The third-order valence-corrected chi connectivity index (χ3v) is 6.37. The zero-order valence-corrected chi connectivity index (χ0v) is 13.9. The van der Waals surface area contributed by atoms with Crippen molar-refractivity contribution in [1.29, 1.82) is 0 Å². The second-order valence-electron chi connectivity index (χ2n) is 7.17. The largest absolute Gasteiger partial charge is 0.317 e. The summed E-state index contributed by atoms with van der Waals surface area (Å²) in [5.74, 6) is 0. The number of nitrogens with zero attached hydrogens (tertiary/aromatic N) is 1. The topological polar surface area (TPSA) is 54.0 Å². The lowest BCUT2D eigenvalue weighted by Gasteiger charge is -2.40. The Balaban J connectivity index is 1.92. The van der Waals surface area contributed by atoms with Crippen molar-refractivity contribution < 1.29 is 4.21 Å². The van der Waals surface area contributed by atoms with Gasteiger partial charge in [0.1, 0.15) is 0 Å². The molecule has 21 heavy (non-hydrogen) atoms. The minimum Gasteiger partial charge on any atom is -0.317 e. The van der Waals surface area contributed by atoms with Gasteiger partial charge in [-0.05, 0) is 64.8 Å². The van der Waals surface area contributed by atoms with E-state index in [1.165, 1.54) is 11.3 Å². The summed E-state index contributed by atoms with van der Waals surface area (Å²) in [6.07, 6.45) is 4.96. The lowest BCUT2D eigenvalue weighted by Crippen LogP contribution is -2.54. The van der Waals surface area contributed by atoms with Crippen LogP contribution in [0.1, 0.15) is 44.9 Å². The fourth-order valence-corrected chi connectivity index (χ4v) is 4.47. The SMILES string of the molecule is CC(C)(C)[S@@](=O)N[C@@H]1Cc2cccnc2C12CCNCC2. The van der Waals surface area contributed by atoms with Crippen molar-refractivity contribution >= 4 is 11.0 Å². The molecule has 2 N–H and O–H groups in total. The molecular formula is C16H25N3OS. The minimum atomic E-state index is -1.04. The van der Waals surface area contributed by atoms with E-state index in [9.17, 15) is 4.21 Å². The van der Waals surface area contributed by atoms with Gasteiger partial charge in [0.25, 0.3) is 0 Å². The fourth-order valence-electron chi connectivity index (χ4n) is 3.55. The summed E-state index contributed by atoms with van der Waals surface area (Å²) in [7, 11) is -1.04. The maximum Gasteiger partial charge on any atom is 0.0973 e. The van der Waals surface area contributed by atoms with E-state index in [0.717, 1.165) is 32.4 Å². The third kappa shape index (κ3) is 2.67. The van der Waals surface area contributed by atoms with E-state index in [1.54, 1.807) is 0 Å². The zero-order valence-electron chi connectivity index (χ0n) is 13.1. The molecule has 0 amide bonds. The number of hydrogen-bond donors (Lipinski definition) is 2. The van der Waals surface area contributed by atoms with Gasteiger partial charge in [-0.3, -0.25) is 4.98 Å². The maximum absolute atomic E-state index is 12.6. The normalized spacial score (nSPS) is 25.8. The van der Waals surface area contributed by atoms with Crippen molar-refractivity contribution in [2.24, 2.45) is 0 Å². The lowest BCUT2D eigenvalue weighted by atomic mass is 9.74. The highest BCUT2D eigenvalue weighted by molar-refractivity contribution is 7.84. The number of fused-ring (bicyclic) bond motifs is 2. The van der Waals surface area contributed by atoms with E-state index in [0.29, 0.717) is 0 Å². The highest BCUT2D eigenvalue weighted by Crippen LogP contribution is 2.44. The van der Waals surface area contributed by atoms with E-state index < -0.39 is 11.0 Å². The molecule has 0 saturated carbocycles. The Labute approximate surface area is 129 Å². The Kier molecular flexibility index (Phi) is 3.93. The number of nitrogens with one attached hydrogen (secondary N) is 2. The first-order valence-corrected chi connectivity index (χ1v) is 8.92. The molecule has 2 heterocycles. The van der Waals surface area contributed by atoms with E-state index in [-0.39, 0.29) is 16.2 Å². The predicted octanol–water partition coefficient (Wildman–Crippen LogP) is 1.68. The highest BCUT2D eigenvalue weighted by Gasteiger charge is 2.49. The zero-order chi connectivity index (χ0) is 15.1. The van der Waals surface area contributed by atoms with Crippen molar-refractivity contribution in [3.05, 3.63) is 29.6 Å². The van der Waals surface area contributed by atoms with Crippen LogP contribution in [0.25, 0.3) is 0 Å². The van der Waals surface area contributed by atoms with Crippen LogP contribution in [0.4, 0.5) is 0 Å². The third-order valence-electron chi connectivity index (χ3n) is 4.76. The van der Waals surface area contributed by atoms with Gasteiger partial charge in [-0.2, -0.15) is 0 Å². The van der Waals surface area contributed by atoms with Gasteiger partial charge < -0.3 is 5.32 Å². The Morgan fingerprint density at radius 3 is 2.76 bits per heavy atom. The average molecular weight is 307 g/mol. The molecule has 1 fully saturated rings. The van der Waals surface area contributed by atoms with Crippen LogP contribution in [-0.2, 0) is 22.8 Å². The van der Waals surface area contributed by atoms with Gasteiger partial charge in [0.15, 0.2) is 0 Å². The molecule has 1 spiro atoms. The number of aromatic nitrogens is 1. The van der Waals surface area contributed by atoms with Crippen LogP contribution in [0.15, 0.2) is 18.3 Å². The fraction of sp³-hybridized carbons (Fsp3) is 0.688. The second-order valence-corrected chi connectivity index (χ2v) is 9.17. The average Bonchev–Trinajstić information content (AvgIpc) is 2.73. The number of hydrogen-bond acceptors (Lipinski definition) is 3. The van der Waals surface area contributed by atoms with Crippen LogP contribution in [0.2, 0.25) is 0 Å². The molecule has 0 aromatic carbocycles. The molecule has 0 radical (unpaired) electrons. The molecule has 2 atom stereocenters. The Morgan fingerprint density at radius 1 is 1.38 bits per heavy atom. The monoisotopic (exact) mass is 307 g/mol. The van der Waals surface area contributed by atoms with Crippen molar-refractivity contribution in [2.45, 2.75) is 56.2 Å². The summed E-state index contributed by atoms with van der Waals surface area (Å²) in [5.41, 5.74) is 2.60. The minimum absolute atomic E-state index is 0.0444. The molecule has 0 bridgehead atoms. The summed E-state index contributed by atoms with van der Waals surface area (Å²) in [4.78, 5) is 4.69. The van der Waals surface area contributed by atoms with Gasteiger partial charge in [0, 0.05) is 17.7 Å². The molecule has 5 heteroatoms. The van der Waals surface area contributed by atoms with Crippen LogP contribution in [0.3, 0.4) is 0 Å². The quantitative estimate of drug-likeness (QED) is 0.874. The molecule has 1 aromatic rings. The van der Waals surface area contributed by atoms with Crippen molar-refractivity contribution in [1.82, 2.24) is 15.0 Å². The van der Waals surface area contributed by atoms with Crippen molar-refractivity contribution in [3.63, 3.8) is 0 Å². The number of rotatable bonds is 2. The molecule has 1 aliphatic carbocycles. The molecule has 0 unspecified atom stereocenters. The van der Waals surface area contributed by atoms with Crippen LogP contribution < -0.4 is 10.0 Å². The summed E-state index contributed by atoms with van der Waals surface area (Å²) >= 11 is 0. The molecule has 1 aliphatic heterocycles. The van der Waals surface area contributed by atoms with Crippen LogP contribution in [-0.4, -0.2) is 33.1 Å². The smallest absolute Gasteiger partial charge is 0.0973 e. The predicted molar refractivity (Wildman–Crippen MR) is 86.5 cm³/mol. The van der Waals surface area contributed by atoms with Crippen molar-refractivity contribution in [2.75, 3.05) is 13.1 Å². The van der Waals surface area contributed by atoms with Crippen LogP contribution in [0.5, 0.6) is 0 Å². The first-order chi connectivity index (χ1) is 9.93. The molecule has 1 aromatic heterocycles. The highest BCUT2D eigenvalue weighted by atomic mass is 32.2. The molecule has 116 valence electrons. The summed E-state index contributed by atoms with van der Waals surface area (Å²) in [6.45, 7) is 8.08. The first kappa shape index (κ1) is 15.1. The van der Waals surface area contributed by atoms with E-state index in [1.807, 2.05) is 33.0 Å². The van der Waals surface area contributed by atoms with Gasteiger partial charge in [0.05, 0.1) is 21.4 Å². The summed E-state index contributed by atoms with van der Waals surface area (Å²) in [5, 5.41) is 3.44. The number of piperidine rings is 1. The Bertz CT molecular complexity index is 547. The van der Waals surface area contributed by atoms with Crippen LogP contribution >= 0.6 is 0 Å². The van der Waals surface area contributed by atoms with E-state index >= 15 is 0 Å². The van der Waals surface area contributed by atoms with Crippen LogP contribution in [0, 0.1) is 0 Å². The molecule has 4 nitrogen and oxygen atoms in total. The van der Waals surface area contributed by atoms with Gasteiger partial charge >= 0.3 is 0 Å². The standard InChI is InChI=1S/C16H25N3OS/c1-15(2,3)21(20)19-13-11-12-5-4-8-18-14(12)16(13)6-9-17-10-7-16/h4-5,8,13,17,19H,6-7,9-11H2,1-3H3/t13-,21-/m1/s1. The molecular weight excluding hydrogens is 282 g/mol. The molecule has 3 rings (SSSR count). The van der Waals surface area contributed by atoms with Gasteiger partial charge in [-0.25, -0.2) is 8.93 Å². The summed E-state index contributed by atoms with van der Waals surface area (Å²) < 4.78 is 15.8. The second kappa shape index (κ2) is 5.45. The Hall–Kier alpha value is -0.780. The van der Waals surface area contributed by atoms with Gasteiger partial charge in [-0.1, -0.05) is 6.07 Å².